The summed E-state index contributed by atoms with van der Waals surface area (Å²) in [6.45, 7) is 0.740. The first-order valence-corrected chi connectivity index (χ1v) is 5.89. The van der Waals surface area contributed by atoms with Gasteiger partial charge in [0.25, 0.3) is 0 Å². The summed E-state index contributed by atoms with van der Waals surface area (Å²) >= 11 is 0. The van der Waals surface area contributed by atoms with E-state index in [9.17, 15) is 0 Å². The van der Waals surface area contributed by atoms with Crippen molar-refractivity contribution in [2.24, 2.45) is 5.73 Å². The Hall–Kier alpha value is -1.08. The highest BCUT2D eigenvalue weighted by atomic mass is 14.5. The molecule has 1 aromatic carbocycles. The molecule has 0 amide bonds. The van der Waals surface area contributed by atoms with E-state index >= 15 is 0 Å². The average Bonchev–Trinajstić information content (AvgIpc) is 2.31. The number of benzene rings is 1. The minimum absolute atomic E-state index is 0.740. The summed E-state index contributed by atoms with van der Waals surface area (Å²) in [6.07, 6.45) is 8.56. The molecular weight excluding hydrogens is 182 g/mol. The minimum atomic E-state index is 0.740. The molecule has 1 aliphatic rings. The van der Waals surface area contributed by atoms with Crippen LogP contribution in [0.5, 0.6) is 0 Å². The van der Waals surface area contributed by atoms with Crippen LogP contribution < -0.4 is 5.73 Å². The van der Waals surface area contributed by atoms with Crippen molar-refractivity contribution >= 4 is 5.57 Å². The molecule has 0 saturated carbocycles. The van der Waals surface area contributed by atoms with Crippen LogP contribution in [0.15, 0.2) is 30.3 Å². The van der Waals surface area contributed by atoms with Crippen molar-refractivity contribution in [2.45, 2.75) is 32.1 Å². The third-order valence-corrected chi connectivity index (χ3v) is 3.07. The first kappa shape index (κ1) is 10.4. The molecule has 0 fully saturated rings. The Balaban J connectivity index is 2.29. The largest absolute Gasteiger partial charge is 0.330 e. The van der Waals surface area contributed by atoms with Crippen molar-refractivity contribution in [1.29, 1.82) is 0 Å². The zero-order chi connectivity index (χ0) is 10.5. The van der Waals surface area contributed by atoms with Gasteiger partial charge in [-0.3, -0.25) is 0 Å². The highest BCUT2D eigenvalue weighted by Crippen LogP contribution is 2.28. The van der Waals surface area contributed by atoms with Crippen molar-refractivity contribution in [2.75, 3.05) is 6.54 Å². The van der Waals surface area contributed by atoms with Crippen LogP contribution in [0.2, 0.25) is 0 Å². The second-order valence-corrected chi connectivity index (χ2v) is 4.17. The molecule has 0 saturated heterocycles. The maximum absolute atomic E-state index is 5.64. The first-order valence-electron chi connectivity index (χ1n) is 5.89. The summed E-state index contributed by atoms with van der Waals surface area (Å²) in [5.74, 6) is 0. The Bertz CT molecular complexity index is 352. The Morgan fingerprint density at radius 2 is 2.00 bits per heavy atom. The SMILES string of the molecule is NCCc1ccccc1C1=CCCCC1. The number of allylic oxidation sites excluding steroid dienone is 2. The fraction of sp³-hybridized carbons (Fsp3) is 0.429. The zero-order valence-corrected chi connectivity index (χ0v) is 9.21. The molecule has 2 rings (SSSR count). The summed E-state index contributed by atoms with van der Waals surface area (Å²) in [5.41, 5.74) is 10.0. The van der Waals surface area contributed by atoms with Gasteiger partial charge < -0.3 is 5.73 Å². The monoisotopic (exact) mass is 201 g/mol. The quantitative estimate of drug-likeness (QED) is 0.798. The van der Waals surface area contributed by atoms with Crippen LogP contribution in [0, 0.1) is 0 Å². The standard InChI is InChI=1S/C14H19N/c15-11-10-13-8-4-5-9-14(13)12-6-2-1-3-7-12/h4-6,8-9H,1-3,7,10-11,15H2. The van der Waals surface area contributed by atoms with Gasteiger partial charge in [-0.15, -0.1) is 0 Å². The molecule has 0 aliphatic heterocycles. The van der Waals surface area contributed by atoms with E-state index in [0.717, 1.165) is 13.0 Å². The van der Waals surface area contributed by atoms with Crippen molar-refractivity contribution < 1.29 is 0 Å². The van der Waals surface area contributed by atoms with Crippen LogP contribution in [-0.4, -0.2) is 6.54 Å². The van der Waals surface area contributed by atoms with Crippen LogP contribution in [0.25, 0.3) is 5.57 Å². The van der Waals surface area contributed by atoms with Crippen LogP contribution >= 0.6 is 0 Å². The van der Waals surface area contributed by atoms with E-state index in [1.54, 1.807) is 0 Å². The van der Waals surface area contributed by atoms with Crippen LogP contribution in [-0.2, 0) is 6.42 Å². The number of rotatable bonds is 3. The Kier molecular flexibility index (Phi) is 3.57. The summed E-state index contributed by atoms with van der Waals surface area (Å²) in [5, 5.41) is 0. The lowest BCUT2D eigenvalue weighted by Crippen LogP contribution is -2.05. The van der Waals surface area contributed by atoms with Gasteiger partial charge in [-0.1, -0.05) is 30.3 Å². The van der Waals surface area contributed by atoms with E-state index in [1.807, 2.05) is 0 Å². The van der Waals surface area contributed by atoms with E-state index in [2.05, 4.69) is 30.3 Å². The normalized spacial score (nSPS) is 16.2. The second-order valence-electron chi connectivity index (χ2n) is 4.17. The predicted molar refractivity (Wildman–Crippen MR) is 65.6 cm³/mol. The van der Waals surface area contributed by atoms with Gasteiger partial charge in [-0.05, 0) is 55.3 Å². The molecule has 15 heavy (non-hydrogen) atoms. The van der Waals surface area contributed by atoms with Crippen molar-refractivity contribution in [3.63, 3.8) is 0 Å². The van der Waals surface area contributed by atoms with Crippen molar-refractivity contribution in [1.82, 2.24) is 0 Å². The van der Waals surface area contributed by atoms with E-state index in [1.165, 1.54) is 42.4 Å². The Morgan fingerprint density at radius 1 is 1.13 bits per heavy atom. The summed E-state index contributed by atoms with van der Waals surface area (Å²) in [4.78, 5) is 0. The highest BCUT2D eigenvalue weighted by molar-refractivity contribution is 5.68. The fourth-order valence-corrected chi connectivity index (χ4v) is 2.29. The smallest absolute Gasteiger partial charge is 0.00365 e. The van der Waals surface area contributed by atoms with Gasteiger partial charge in [0.05, 0.1) is 0 Å². The molecule has 1 aliphatic carbocycles. The molecule has 1 nitrogen and oxygen atoms in total. The van der Waals surface area contributed by atoms with Crippen LogP contribution in [0.3, 0.4) is 0 Å². The van der Waals surface area contributed by atoms with Gasteiger partial charge in [0.2, 0.25) is 0 Å². The third-order valence-electron chi connectivity index (χ3n) is 3.07. The molecule has 0 spiro atoms. The maximum atomic E-state index is 5.64. The van der Waals surface area contributed by atoms with Gasteiger partial charge in [-0.2, -0.15) is 0 Å². The second kappa shape index (κ2) is 5.13. The Labute approximate surface area is 92.0 Å². The highest BCUT2D eigenvalue weighted by Gasteiger charge is 2.09. The van der Waals surface area contributed by atoms with Gasteiger partial charge in [0.1, 0.15) is 0 Å². The van der Waals surface area contributed by atoms with E-state index in [0.29, 0.717) is 0 Å². The van der Waals surface area contributed by atoms with Gasteiger partial charge in [0.15, 0.2) is 0 Å². The molecule has 0 radical (unpaired) electrons. The molecule has 0 aromatic heterocycles. The Morgan fingerprint density at radius 3 is 2.73 bits per heavy atom. The molecule has 0 bridgehead atoms. The molecule has 1 heteroatoms. The third kappa shape index (κ3) is 2.48. The molecular formula is C14H19N. The predicted octanol–water partition coefficient (Wildman–Crippen LogP) is 3.15. The van der Waals surface area contributed by atoms with Crippen molar-refractivity contribution in [3.8, 4) is 0 Å². The minimum Gasteiger partial charge on any atom is -0.330 e. The average molecular weight is 201 g/mol. The molecule has 0 atom stereocenters. The summed E-state index contributed by atoms with van der Waals surface area (Å²) < 4.78 is 0. The molecule has 0 unspecified atom stereocenters. The first-order chi connectivity index (χ1) is 7.42. The molecule has 0 heterocycles. The van der Waals surface area contributed by atoms with Crippen LogP contribution in [0.1, 0.15) is 36.8 Å². The van der Waals surface area contributed by atoms with E-state index < -0.39 is 0 Å². The van der Waals surface area contributed by atoms with Crippen LogP contribution in [0.4, 0.5) is 0 Å². The van der Waals surface area contributed by atoms with E-state index in [4.69, 9.17) is 5.73 Å². The zero-order valence-electron chi connectivity index (χ0n) is 9.21. The van der Waals surface area contributed by atoms with E-state index in [-0.39, 0.29) is 0 Å². The maximum Gasteiger partial charge on any atom is -0.00365 e. The number of nitrogens with two attached hydrogens (primary N) is 1. The number of hydrogen-bond acceptors (Lipinski definition) is 1. The van der Waals surface area contributed by atoms with Gasteiger partial charge in [0, 0.05) is 0 Å². The van der Waals surface area contributed by atoms with Gasteiger partial charge in [-0.25, -0.2) is 0 Å². The summed E-state index contributed by atoms with van der Waals surface area (Å²) in [6, 6.07) is 8.68. The number of hydrogen-bond donors (Lipinski definition) is 1. The molecule has 80 valence electrons. The fourth-order valence-electron chi connectivity index (χ4n) is 2.29. The topological polar surface area (TPSA) is 26.0 Å². The van der Waals surface area contributed by atoms with Crippen molar-refractivity contribution in [3.05, 3.63) is 41.5 Å². The lowest BCUT2D eigenvalue weighted by Gasteiger charge is -2.16. The molecule has 2 N–H and O–H groups in total. The lowest BCUT2D eigenvalue weighted by atomic mass is 9.90. The summed E-state index contributed by atoms with van der Waals surface area (Å²) in [7, 11) is 0. The van der Waals surface area contributed by atoms with Gasteiger partial charge >= 0.3 is 0 Å². The molecule has 1 aromatic rings. The lowest BCUT2D eigenvalue weighted by molar-refractivity contribution is 0.741.